The molecule has 0 amide bonds. The van der Waals surface area contributed by atoms with Gasteiger partial charge in [-0.15, -0.1) is 21.5 Å². The molecule has 1 aliphatic rings. The SMILES string of the molecule is CCCc1nc(CSc2nnc(C3CCCCO3)n2N)cs1. The number of nitrogen functional groups attached to an aromatic ring is 1. The predicted molar refractivity (Wildman–Crippen MR) is 88.4 cm³/mol. The molecule has 3 rings (SSSR count). The van der Waals surface area contributed by atoms with Gasteiger partial charge >= 0.3 is 0 Å². The lowest BCUT2D eigenvalue weighted by Gasteiger charge is -2.21. The van der Waals surface area contributed by atoms with Crippen molar-refractivity contribution in [2.45, 2.75) is 56.0 Å². The fraction of sp³-hybridized carbons (Fsp3) is 0.643. The van der Waals surface area contributed by atoms with E-state index in [0.717, 1.165) is 56.0 Å². The van der Waals surface area contributed by atoms with Crippen LogP contribution in [0.15, 0.2) is 10.5 Å². The largest absolute Gasteiger partial charge is 0.370 e. The summed E-state index contributed by atoms with van der Waals surface area (Å²) in [5.41, 5.74) is 1.08. The summed E-state index contributed by atoms with van der Waals surface area (Å²) in [4.78, 5) is 4.62. The lowest BCUT2D eigenvalue weighted by molar-refractivity contribution is 0.00780. The summed E-state index contributed by atoms with van der Waals surface area (Å²) in [6.07, 6.45) is 5.38. The van der Waals surface area contributed by atoms with Crippen molar-refractivity contribution in [3.8, 4) is 0 Å². The van der Waals surface area contributed by atoms with E-state index in [0.29, 0.717) is 5.16 Å². The van der Waals surface area contributed by atoms with Gasteiger partial charge < -0.3 is 10.6 Å². The molecule has 0 aliphatic carbocycles. The lowest BCUT2D eigenvalue weighted by Crippen LogP contribution is -2.21. The molecule has 3 heterocycles. The highest BCUT2D eigenvalue weighted by atomic mass is 32.2. The van der Waals surface area contributed by atoms with Gasteiger partial charge in [-0.25, -0.2) is 9.66 Å². The van der Waals surface area contributed by atoms with Crippen molar-refractivity contribution in [3.63, 3.8) is 0 Å². The van der Waals surface area contributed by atoms with E-state index in [1.807, 2.05) is 0 Å². The molecule has 0 aromatic carbocycles. The summed E-state index contributed by atoms with van der Waals surface area (Å²) >= 11 is 3.29. The Balaban J connectivity index is 1.61. The summed E-state index contributed by atoms with van der Waals surface area (Å²) in [5, 5.41) is 12.4. The van der Waals surface area contributed by atoms with Crippen LogP contribution >= 0.6 is 23.1 Å². The van der Waals surface area contributed by atoms with Crippen LogP contribution in [0.2, 0.25) is 0 Å². The molecular formula is C14H21N5OS2. The normalized spacial score (nSPS) is 18.7. The molecule has 1 fully saturated rings. The van der Waals surface area contributed by atoms with Gasteiger partial charge in [-0.2, -0.15) is 0 Å². The molecule has 6 nitrogen and oxygen atoms in total. The molecule has 1 atom stereocenters. The summed E-state index contributed by atoms with van der Waals surface area (Å²) in [7, 11) is 0. The fourth-order valence-corrected chi connectivity index (χ4v) is 4.19. The summed E-state index contributed by atoms with van der Waals surface area (Å²) in [6, 6.07) is 0. The van der Waals surface area contributed by atoms with Crippen molar-refractivity contribution < 1.29 is 4.74 Å². The molecular weight excluding hydrogens is 318 g/mol. The second-order valence-corrected chi connectivity index (χ2v) is 7.22. The minimum absolute atomic E-state index is 0.0176. The zero-order valence-corrected chi connectivity index (χ0v) is 14.3. The summed E-state index contributed by atoms with van der Waals surface area (Å²) in [6.45, 7) is 2.95. The maximum atomic E-state index is 6.12. The number of hydrogen-bond donors (Lipinski definition) is 1. The maximum Gasteiger partial charge on any atom is 0.210 e. The van der Waals surface area contributed by atoms with Crippen LogP contribution < -0.4 is 5.84 Å². The second-order valence-electron chi connectivity index (χ2n) is 5.34. The third kappa shape index (κ3) is 3.61. The van der Waals surface area contributed by atoms with E-state index in [1.54, 1.807) is 27.8 Å². The van der Waals surface area contributed by atoms with E-state index in [4.69, 9.17) is 10.6 Å². The molecule has 2 aromatic rings. The summed E-state index contributed by atoms with van der Waals surface area (Å²) in [5.74, 6) is 7.62. The van der Waals surface area contributed by atoms with Crippen LogP contribution in [0.3, 0.4) is 0 Å². The van der Waals surface area contributed by atoms with E-state index >= 15 is 0 Å². The van der Waals surface area contributed by atoms with Crippen molar-refractivity contribution >= 4 is 23.1 Å². The Kier molecular flexibility index (Phi) is 5.32. The first kappa shape index (κ1) is 15.8. The van der Waals surface area contributed by atoms with Gasteiger partial charge in [0.1, 0.15) is 6.10 Å². The Hall–Kier alpha value is -1.12. The smallest absolute Gasteiger partial charge is 0.210 e. The average molecular weight is 339 g/mol. The lowest BCUT2D eigenvalue weighted by atomic mass is 10.1. The number of rotatable bonds is 6. The number of nitrogens with zero attached hydrogens (tertiary/aromatic N) is 4. The number of nitrogens with two attached hydrogens (primary N) is 1. The van der Waals surface area contributed by atoms with Gasteiger partial charge in [-0.1, -0.05) is 18.7 Å². The molecule has 120 valence electrons. The third-order valence-corrected chi connectivity index (χ3v) is 5.50. The zero-order chi connectivity index (χ0) is 15.4. The molecule has 0 saturated carbocycles. The fourth-order valence-electron chi connectivity index (χ4n) is 2.43. The molecule has 0 spiro atoms. The molecule has 1 aliphatic heterocycles. The molecule has 22 heavy (non-hydrogen) atoms. The van der Waals surface area contributed by atoms with E-state index in [2.05, 4.69) is 27.5 Å². The number of aromatic nitrogens is 4. The minimum atomic E-state index is -0.0176. The van der Waals surface area contributed by atoms with Gasteiger partial charge in [0.25, 0.3) is 0 Å². The highest BCUT2D eigenvalue weighted by Gasteiger charge is 2.23. The van der Waals surface area contributed by atoms with Crippen LogP contribution in [-0.4, -0.2) is 26.5 Å². The van der Waals surface area contributed by atoms with Crippen molar-refractivity contribution in [1.82, 2.24) is 19.9 Å². The van der Waals surface area contributed by atoms with Crippen LogP contribution in [0.1, 0.15) is 55.2 Å². The van der Waals surface area contributed by atoms with Gasteiger partial charge in [-0.05, 0) is 32.1 Å². The quantitative estimate of drug-likeness (QED) is 0.644. The number of ether oxygens (including phenoxy) is 1. The van der Waals surface area contributed by atoms with Crippen molar-refractivity contribution in [1.29, 1.82) is 0 Å². The Morgan fingerprint density at radius 1 is 1.45 bits per heavy atom. The second kappa shape index (κ2) is 7.43. The minimum Gasteiger partial charge on any atom is -0.370 e. The molecule has 1 saturated heterocycles. The molecule has 0 bridgehead atoms. The highest BCUT2D eigenvalue weighted by Crippen LogP contribution is 2.29. The predicted octanol–water partition coefficient (Wildman–Crippen LogP) is 2.93. The Bertz CT molecular complexity index is 606. The van der Waals surface area contributed by atoms with Crippen LogP contribution in [0.5, 0.6) is 0 Å². The standard InChI is InChI=1S/C14H21N5OS2/c1-2-5-12-16-10(8-21-12)9-22-14-18-17-13(19(14)15)11-6-3-4-7-20-11/h8,11H,2-7,9,15H2,1H3. The summed E-state index contributed by atoms with van der Waals surface area (Å²) < 4.78 is 7.30. The monoisotopic (exact) mass is 339 g/mol. The maximum absolute atomic E-state index is 6.12. The van der Waals surface area contributed by atoms with Gasteiger partial charge in [0.15, 0.2) is 5.82 Å². The number of hydrogen-bond acceptors (Lipinski definition) is 7. The van der Waals surface area contributed by atoms with Crippen LogP contribution in [0.25, 0.3) is 0 Å². The van der Waals surface area contributed by atoms with Crippen molar-refractivity contribution in [2.24, 2.45) is 0 Å². The van der Waals surface area contributed by atoms with Crippen LogP contribution in [-0.2, 0) is 16.9 Å². The topological polar surface area (TPSA) is 78.9 Å². The first-order valence-corrected chi connectivity index (χ1v) is 9.52. The van der Waals surface area contributed by atoms with E-state index < -0.39 is 0 Å². The van der Waals surface area contributed by atoms with Gasteiger partial charge in [0, 0.05) is 17.7 Å². The third-order valence-electron chi connectivity index (χ3n) is 3.57. The van der Waals surface area contributed by atoms with Crippen LogP contribution in [0, 0.1) is 0 Å². The first-order valence-electron chi connectivity index (χ1n) is 7.66. The molecule has 2 N–H and O–H groups in total. The molecule has 0 radical (unpaired) electrons. The number of thioether (sulfide) groups is 1. The first-order chi connectivity index (χ1) is 10.8. The highest BCUT2D eigenvalue weighted by molar-refractivity contribution is 7.98. The van der Waals surface area contributed by atoms with Gasteiger partial charge in [-0.3, -0.25) is 0 Å². The van der Waals surface area contributed by atoms with E-state index in [-0.39, 0.29) is 6.10 Å². The Morgan fingerprint density at radius 3 is 3.14 bits per heavy atom. The Labute approximate surface area is 138 Å². The van der Waals surface area contributed by atoms with Gasteiger partial charge in [0.2, 0.25) is 5.16 Å². The average Bonchev–Trinajstić information content (AvgIpc) is 3.13. The van der Waals surface area contributed by atoms with Crippen LogP contribution in [0.4, 0.5) is 0 Å². The zero-order valence-electron chi connectivity index (χ0n) is 12.7. The number of aryl methyl sites for hydroxylation is 1. The number of thiazole rings is 1. The molecule has 1 unspecified atom stereocenters. The van der Waals surface area contributed by atoms with Crippen molar-refractivity contribution in [2.75, 3.05) is 12.4 Å². The van der Waals surface area contributed by atoms with E-state index in [1.165, 1.54) is 5.01 Å². The van der Waals surface area contributed by atoms with Gasteiger partial charge in [0.05, 0.1) is 10.7 Å². The Morgan fingerprint density at radius 2 is 2.36 bits per heavy atom. The molecule has 8 heteroatoms. The van der Waals surface area contributed by atoms with Crippen molar-refractivity contribution in [3.05, 3.63) is 21.9 Å². The van der Waals surface area contributed by atoms with E-state index in [9.17, 15) is 0 Å². The molecule has 2 aromatic heterocycles.